The number of benzene rings is 1. The molecule has 1 saturated heterocycles. The van der Waals surface area contributed by atoms with Gasteiger partial charge in [0.15, 0.2) is 0 Å². The molecular formula is C10H10ClNO3. The molecule has 0 unspecified atom stereocenters. The van der Waals surface area contributed by atoms with Crippen LogP contribution in [-0.2, 0) is 9.47 Å². The van der Waals surface area contributed by atoms with Crippen LogP contribution < -0.4 is 5.73 Å². The minimum Gasteiger partial charge on any atom is -0.454 e. The molecule has 0 saturated carbocycles. The van der Waals surface area contributed by atoms with Gasteiger partial charge < -0.3 is 15.2 Å². The van der Waals surface area contributed by atoms with Gasteiger partial charge in [0.25, 0.3) is 0 Å². The molecule has 0 spiro atoms. The molecule has 0 aliphatic carbocycles. The second kappa shape index (κ2) is 4.08. The van der Waals surface area contributed by atoms with E-state index in [2.05, 4.69) is 0 Å². The van der Waals surface area contributed by atoms with Crippen molar-refractivity contribution >= 4 is 23.3 Å². The topological polar surface area (TPSA) is 61.6 Å². The number of rotatable bonds is 2. The van der Waals surface area contributed by atoms with Gasteiger partial charge in [-0.1, -0.05) is 11.6 Å². The lowest BCUT2D eigenvalue weighted by molar-refractivity contribution is -0.103. The van der Waals surface area contributed by atoms with E-state index in [-0.39, 0.29) is 6.10 Å². The van der Waals surface area contributed by atoms with Gasteiger partial charge in [-0.25, -0.2) is 4.79 Å². The molecule has 15 heavy (non-hydrogen) atoms. The summed E-state index contributed by atoms with van der Waals surface area (Å²) in [5, 5.41) is 0.496. The number of carbonyl (C=O) groups excluding carboxylic acids is 1. The summed E-state index contributed by atoms with van der Waals surface area (Å²) in [6.07, 6.45) is -0.146. The lowest BCUT2D eigenvalue weighted by atomic mass is 10.2. The van der Waals surface area contributed by atoms with Crippen LogP contribution >= 0.6 is 11.6 Å². The maximum atomic E-state index is 11.6. The highest BCUT2D eigenvalue weighted by atomic mass is 35.5. The van der Waals surface area contributed by atoms with Gasteiger partial charge in [-0.15, -0.1) is 0 Å². The van der Waals surface area contributed by atoms with Crippen molar-refractivity contribution in [3.63, 3.8) is 0 Å². The quantitative estimate of drug-likeness (QED) is 0.614. The van der Waals surface area contributed by atoms with E-state index in [4.69, 9.17) is 26.8 Å². The molecule has 0 bridgehead atoms. The standard InChI is InChI=1S/C10H10ClNO3/c11-6-1-2-8(9(12)3-6)10(13)15-7-4-14-5-7/h1-3,7H,4-5,12H2. The number of hydrogen-bond donors (Lipinski definition) is 1. The first-order valence-electron chi connectivity index (χ1n) is 4.50. The molecule has 1 aliphatic rings. The van der Waals surface area contributed by atoms with Crippen LogP contribution in [-0.4, -0.2) is 25.3 Å². The van der Waals surface area contributed by atoms with E-state index in [9.17, 15) is 4.79 Å². The monoisotopic (exact) mass is 227 g/mol. The van der Waals surface area contributed by atoms with E-state index in [0.29, 0.717) is 29.5 Å². The number of hydrogen-bond acceptors (Lipinski definition) is 4. The van der Waals surface area contributed by atoms with Crippen LogP contribution in [0.2, 0.25) is 5.02 Å². The highest BCUT2D eigenvalue weighted by Gasteiger charge is 2.24. The van der Waals surface area contributed by atoms with Crippen LogP contribution in [0.4, 0.5) is 5.69 Å². The van der Waals surface area contributed by atoms with Crippen LogP contribution in [0.3, 0.4) is 0 Å². The smallest absolute Gasteiger partial charge is 0.340 e. The average molecular weight is 228 g/mol. The molecule has 0 aromatic heterocycles. The Balaban J connectivity index is 2.10. The summed E-state index contributed by atoms with van der Waals surface area (Å²) in [4.78, 5) is 11.6. The fourth-order valence-corrected chi connectivity index (χ4v) is 1.40. The molecule has 0 amide bonds. The van der Waals surface area contributed by atoms with Crippen molar-refractivity contribution in [1.29, 1.82) is 0 Å². The van der Waals surface area contributed by atoms with Gasteiger partial charge in [-0.05, 0) is 18.2 Å². The van der Waals surface area contributed by atoms with E-state index in [0.717, 1.165) is 0 Å². The summed E-state index contributed by atoms with van der Waals surface area (Å²) >= 11 is 5.71. The van der Waals surface area contributed by atoms with Gasteiger partial charge in [-0.3, -0.25) is 0 Å². The number of anilines is 1. The number of nitrogen functional groups attached to an aromatic ring is 1. The lowest BCUT2D eigenvalue weighted by Gasteiger charge is -2.25. The summed E-state index contributed by atoms with van der Waals surface area (Å²) < 4.78 is 10.00. The molecule has 2 rings (SSSR count). The fourth-order valence-electron chi connectivity index (χ4n) is 1.22. The van der Waals surface area contributed by atoms with Crippen LogP contribution in [0.5, 0.6) is 0 Å². The largest absolute Gasteiger partial charge is 0.454 e. The van der Waals surface area contributed by atoms with Crippen molar-refractivity contribution < 1.29 is 14.3 Å². The Hall–Kier alpha value is -1.26. The Bertz CT molecular complexity index is 390. The summed E-state index contributed by atoms with van der Waals surface area (Å²) in [6.45, 7) is 0.915. The number of ether oxygens (including phenoxy) is 2. The maximum absolute atomic E-state index is 11.6. The van der Waals surface area contributed by atoms with E-state index < -0.39 is 5.97 Å². The first-order chi connectivity index (χ1) is 7.16. The minimum atomic E-state index is -0.433. The molecular weight excluding hydrogens is 218 g/mol. The number of carbonyl (C=O) groups is 1. The second-order valence-electron chi connectivity index (χ2n) is 3.30. The van der Waals surface area contributed by atoms with E-state index >= 15 is 0 Å². The number of esters is 1. The highest BCUT2D eigenvalue weighted by Crippen LogP contribution is 2.20. The van der Waals surface area contributed by atoms with E-state index in [1.807, 2.05) is 0 Å². The predicted molar refractivity (Wildman–Crippen MR) is 55.9 cm³/mol. The zero-order valence-corrected chi connectivity index (χ0v) is 8.66. The van der Waals surface area contributed by atoms with Crippen molar-refractivity contribution in [2.45, 2.75) is 6.10 Å². The van der Waals surface area contributed by atoms with E-state index in [1.54, 1.807) is 12.1 Å². The Morgan fingerprint density at radius 3 is 2.80 bits per heavy atom. The second-order valence-corrected chi connectivity index (χ2v) is 3.73. The molecule has 1 aromatic carbocycles. The molecule has 1 heterocycles. The maximum Gasteiger partial charge on any atom is 0.340 e. The third kappa shape index (κ3) is 2.22. The Labute approximate surface area is 91.9 Å². The third-order valence-corrected chi connectivity index (χ3v) is 2.35. The van der Waals surface area contributed by atoms with Crippen LogP contribution in [0.15, 0.2) is 18.2 Å². The number of halogens is 1. The Kier molecular flexibility index (Phi) is 2.79. The summed E-state index contributed by atoms with van der Waals surface area (Å²) in [5.41, 5.74) is 6.31. The minimum absolute atomic E-state index is 0.146. The predicted octanol–water partition coefficient (Wildman–Crippen LogP) is 1.48. The van der Waals surface area contributed by atoms with Crippen molar-refractivity contribution in [3.05, 3.63) is 28.8 Å². The number of nitrogens with two attached hydrogens (primary N) is 1. The first-order valence-corrected chi connectivity index (χ1v) is 4.88. The van der Waals surface area contributed by atoms with Gasteiger partial charge in [-0.2, -0.15) is 0 Å². The summed E-state index contributed by atoms with van der Waals surface area (Å²) in [5.74, 6) is -0.433. The molecule has 0 atom stereocenters. The molecule has 1 fully saturated rings. The van der Waals surface area contributed by atoms with Gasteiger partial charge >= 0.3 is 5.97 Å². The third-order valence-electron chi connectivity index (χ3n) is 2.11. The SMILES string of the molecule is Nc1cc(Cl)ccc1C(=O)OC1COC1. The average Bonchev–Trinajstić information content (AvgIpc) is 2.11. The molecule has 4 nitrogen and oxygen atoms in total. The molecule has 1 aromatic rings. The lowest BCUT2D eigenvalue weighted by Crippen LogP contribution is -2.37. The van der Waals surface area contributed by atoms with Gasteiger partial charge in [0.1, 0.15) is 6.10 Å². The van der Waals surface area contributed by atoms with Crippen molar-refractivity contribution in [3.8, 4) is 0 Å². The molecule has 0 radical (unpaired) electrons. The van der Waals surface area contributed by atoms with Crippen LogP contribution in [0.25, 0.3) is 0 Å². The van der Waals surface area contributed by atoms with Gasteiger partial charge in [0, 0.05) is 10.7 Å². The first kappa shape index (κ1) is 10.3. The van der Waals surface area contributed by atoms with Crippen LogP contribution in [0, 0.1) is 0 Å². The zero-order chi connectivity index (χ0) is 10.8. The summed E-state index contributed by atoms with van der Waals surface area (Å²) in [6, 6.07) is 4.68. The summed E-state index contributed by atoms with van der Waals surface area (Å²) in [7, 11) is 0. The van der Waals surface area contributed by atoms with Crippen LogP contribution in [0.1, 0.15) is 10.4 Å². The molecule has 5 heteroatoms. The molecule has 2 N–H and O–H groups in total. The Morgan fingerprint density at radius 1 is 1.53 bits per heavy atom. The zero-order valence-electron chi connectivity index (χ0n) is 7.90. The van der Waals surface area contributed by atoms with E-state index in [1.165, 1.54) is 6.07 Å². The van der Waals surface area contributed by atoms with Crippen molar-refractivity contribution in [1.82, 2.24) is 0 Å². The van der Waals surface area contributed by atoms with Gasteiger partial charge in [0.2, 0.25) is 0 Å². The van der Waals surface area contributed by atoms with Crippen molar-refractivity contribution in [2.75, 3.05) is 18.9 Å². The Morgan fingerprint density at radius 2 is 2.27 bits per heavy atom. The van der Waals surface area contributed by atoms with Crippen molar-refractivity contribution in [2.24, 2.45) is 0 Å². The highest BCUT2D eigenvalue weighted by molar-refractivity contribution is 6.31. The molecule has 1 aliphatic heterocycles. The fraction of sp³-hybridized carbons (Fsp3) is 0.300. The molecule has 80 valence electrons. The van der Waals surface area contributed by atoms with Gasteiger partial charge in [0.05, 0.1) is 18.8 Å². The normalized spacial score (nSPS) is 15.8.